The minimum Gasteiger partial charge on any atom is -0.394 e. The first-order valence-electron chi connectivity index (χ1n) is 12.1. The smallest absolute Gasteiger partial charge is 0.236 e. The zero-order chi connectivity index (χ0) is 23.5. The van der Waals surface area contributed by atoms with Crippen LogP contribution in [-0.4, -0.2) is 68.7 Å². The van der Waals surface area contributed by atoms with E-state index in [0.29, 0.717) is 29.8 Å². The molecule has 4 N–H and O–H groups in total. The molecule has 0 bridgehead atoms. The van der Waals surface area contributed by atoms with Crippen molar-refractivity contribution in [1.82, 2.24) is 25.2 Å². The molecule has 1 amide bonds. The molecule has 0 radical (unpaired) electrons. The molecule has 0 spiro atoms. The highest BCUT2D eigenvalue weighted by Crippen LogP contribution is 2.32. The Morgan fingerprint density at radius 1 is 1.24 bits per heavy atom. The second-order valence-corrected chi connectivity index (χ2v) is 9.84. The van der Waals surface area contributed by atoms with Crippen molar-refractivity contribution in [2.75, 3.05) is 31.6 Å². The zero-order valence-electron chi connectivity index (χ0n) is 19.2. The molecule has 1 saturated carbocycles. The molecule has 180 valence electrons. The minimum absolute atomic E-state index is 0.0912. The average Bonchev–Trinajstić information content (AvgIpc) is 3.52. The number of anilines is 1. The number of likely N-dealkylation sites (tertiary alicyclic amines) is 1. The number of aromatic amines is 1. The number of para-hydroxylation sites is 1. The van der Waals surface area contributed by atoms with Crippen molar-refractivity contribution >= 4 is 34.4 Å². The summed E-state index contributed by atoms with van der Waals surface area (Å²) in [6.45, 7) is 1.75. The number of H-pyrrole nitrogens is 1. The molecule has 5 rings (SSSR count). The van der Waals surface area contributed by atoms with Crippen LogP contribution < -0.4 is 10.6 Å². The first-order valence-corrected chi connectivity index (χ1v) is 12.4. The number of nitrogens with one attached hydrogen (secondary N) is 3. The summed E-state index contributed by atoms with van der Waals surface area (Å²) in [5, 5.41) is 18.1. The lowest BCUT2D eigenvalue weighted by Crippen LogP contribution is -2.52. The van der Waals surface area contributed by atoms with Gasteiger partial charge in [0.2, 0.25) is 11.9 Å². The van der Waals surface area contributed by atoms with Gasteiger partial charge in [-0.25, -0.2) is 9.97 Å². The van der Waals surface area contributed by atoms with Crippen LogP contribution in [0.2, 0.25) is 5.02 Å². The number of fused-ring (bicyclic) bond motifs is 1. The van der Waals surface area contributed by atoms with E-state index in [1.54, 1.807) is 6.20 Å². The normalized spacial score (nSPS) is 18.5. The Morgan fingerprint density at radius 2 is 2.00 bits per heavy atom. The fourth-order valence-electron chi connectivity index (χ4n) is 5.17. The summed E-state index contributed by atoms with van der Waals surface area (Å²) in [7, 11) is 0. The number of aliphatic hydroxyl groups excluding tert-OH is 1. The number of nitrogens with zero attached hydrogens (tertiary/aromatic N) is 3. The van der Waals surface area contributed by atoms with Crippen molar-refractivity contribution in [2.24, 2.45) is 0 Å². The van der Waals surface area contributed by atoms with Crippen LogP contribution in [0.25, 0.3) is 22.2 Å². The second-order valence-electron chi connectivity index (χ2n) is 9.44. The van der Waals surface area contributed by atoms with Crippen molar-refractivity contribution in [3.05, 3.63) is 41.7 Å². The van der Waals surface area contributed by atoms with E-state index in [-0.39, 0.29) is 30.6 Å². The van der Waals surface area contributed by atoms with Gasteiger partial charge in [-0.05, 0) is 31.7 Å². The summed E-state index contributed by atoms with van der Waals surface area (Å²) >= 11 is 6.45. The van der Waals surface area contributed by atoms with Gasteiger partial charge in [0.05, 0.1) is 30.1 Å². The second kappa shape index (κ2) is 9.90. The van der Waals surface area contributed by atoms with Crippen LogP contribution in [0.1, 0.15) is 38.5 Å². The van der Waals surface area contributed by atoms with Gasteiger partial charge in [0.25, 0.3) is 0 Å². The largest absolute Gasteiger partial charge is 0.394 e. The Kier molecular flexibility index (Phi) is 6.72. The molecule has 9 heteroatoms. The number of amides is 1. The Balaban J connectivity index is 1.18. The molecule has 34 heavy (non-hydrogen) atoms. The standard InChI is InChI=1S/C25H31ClN6O2/c26-20-14-28-24(31-23(20)19-13-27-21-6-2-1-5-18(19)21)30-17-7-11-32(12-8-17)22(34)15-29-25(16-33)9-3-4-10-25/h1-2,5-6,13-14,17,27,29,33H,3-4,7-12,15-16H2,(H,28,30,31). The molecule has 1 aliphatic heterocycles. The number of hydrogen-bond donors (Lipinski definition) is 4. The maximum absolute atomic E-state index is 12.7. The van der Waals surface area contributed by atoms with Gasteiger partial charge in [-0.2, -0.15) is 0 Å². The number of piperidine rings is 1. The lowest BCUT2D eigenvalue weighted by molar-refractivity contribution is -0.131. The Morgan fingerprint density at radius 3 is 2.76 bits per heavy atom. The van der Waals surface area contributed by atoms with Crippen LogP contribution in [0.4, 0.5) is 5.95 Å². The lowest BCUT2D eigenvalue weighted by Gasteiger charge is -2.34. The van der Waals surface area contributed by atoms with Crippen LogP contribution in [0.5, 0.6) is 0 Å². The lowest BCUT2D eigenvalue weighted by atomic mass is 9.99. The van der Waals surface area contributed by atoms with Crippen LogP contribution in [-0.2, 0) is 4.79 Å². The van der Waals surface area contributed by atoms with Crippen molar-refractivity contribution in [3.63, 3.8) is 0 Å². The topological polar surface area (TPSA) is 106 Å². The predicted octanol–water partition coefficient (Wildman–Crippen LogP) is 3.58. The van der Waals surface area contributed by atoms with Gasteiger partial charge < -0.3 is 25.6 Å². The van der Waals surface area contributed by atoms with Crippen molar-refractivity contribution in [2.45, 2.75) is 50.1 Å². The molecule has 0 atom stereocenters. The van der Waals surface area contributed by atoms with Crippen LogP contribution >= 0.6 is 11.6 Å². The molecular weight excluding hydrogens is 452 g/mol. The third-order valence-electron chi connectivity index (χ3n) is 7.25. The number of benzene rings is 1. The summed E-state index contributed by atoms with van der Waals surface area (Å²) in [6, 6.07) is 8.24. The third kappa shape index (κ3) is 4.76. The van der Waals surface area contributed by atoms with E-state index >= 15 is 0 Å². The highest BCUT2D eigenvalue weighted by atomic mass is 35.5. The summed E-state index contributed by atoms with van der Waals surface area (Å²) in [6.07, 6.45) is 9.29. The molecule has 0 unspecified atom stereocenters. The molecule has 2 aromatic heterocycles. The number of halogens is 1. The average molecular weight is 483 g/mol. The van der Waals surface area contributed by atoms with Gasteiger partial charge in [-0.3, -0.25) is 4.79 Å². The van der Waals surface area contributed by atoms with Crippen molar-refractivity contribution < 1.29 is 9.90 Å². The van der Waals surface area contributed by atoms with Crippen molar-refractivity contribution in [3.8, 4) is 11.3 Å². The third-order valence-corrected chi connectivity index (χ3v) is 7.52. The summed E-state index contributed by atoms with van der Waals surface area (Å²) in [5.74, 6) is 0.643. The minimum atomic E-state index is -0.274. The molecular formula is C25H31ClN6O2. The number of carbonyl (C=O) groups excluding carboxylic acids is 1. The molecule has 8 nitrogen and oxygen atoms in total. The fourth-order valence-corrected chi connectivity index (χ4v) is 5.36. The number of carbonyl (C=O) groups is 1. The highest BCUT2D eigenvalue weighted by molar-refractivity contribution is 6.33. The molecule has 3 aromatic rings. The predicted molar refractivity (Wildman–Crippen MR) is 134 cm³/mol. The maximum atomic E-state index is 12.7. The van der Waals surface area contributed by atoms with E-state index in [0.717, 1.165) is 55.0 Å². The Labute approximate surface area is 204 Å². The fraction of sp³-hybridized carbons (Fsp3) is 0.480. The van der Waals surface area contributed by atoms with Crippen LogP contribution in [0.3, 0.4) is 0 Å². The van der Waals surface area contributed by atoms with E-state index in [1.807, 2.05) is 35.4 Å². The summed E-state index contributed by atoms with van der Waals surface area (Å²) < 4.78 is 0. The van der Waals surface area contributed by atoms with Crippen LogP contribution in [0, 0.1) is 0 Å². The van der Waals surface area contributed by atoms with Gasteiger partial charge in [0, 0.05) is 47.3 Å². The van der Waals surface area contributed by atoms with E-state index in [9.17, 15) is 9.90 Å². The molecule has 2 aliphatic rings. The summed E-state index contributed by atoms with van der Waals surface area (Å²) in [4.78, 5) is 27.0. The first kappa shape index (κ1) is 23.1. The highest BCUT2D eigenvalue weighted by Gasteiger charge is 2.34. The maximum Gasteiger partial charge on any atom is 0.236 e. The molecule has 1 saturated heterocycles. The van der Waals surface area contributed by atoms with Gasteiger partial charge >= 0.3 is 0 Å². The molecule has 1 aromatic carbocycles. The summed E-state index contributed by atoms with van der Waals surface area (Å²) in [5.41, 5.74) is 2.40. The van der Waals surface area contributed by atoms with Crippen molar-refractivity contribution in [1.29, 1.82) is 0 Å². The van der Waals surface area contributed by atoms with E-state index in [2.05, 4.69) is 20.6 Å². The Hall–Kier alpha value is -2.68. The van der Waals surface area contributed by atoms with Crippen LogP contribution in [0.15, 0.2) is 36.7 Å². The SMILES string of the molecule is O=C(CNC1(CO)CCCC1)N1CCC(Nc2ncc(Cl)c(-c3c[nH]c4ccccc34)n2)CC1. The first-order chi connectivity index (χ1) is 16.6. The Bertz CT molecular complexity index is 1150. The van der Waals surface area contributed by atoms with Gasteiger partial charge in [0.15, 0.2) is 0 Å². The number of rotatable bonds is 7. The van der Waals surface area contributed by atoms with E-state index in [4.69, 9.17) is 16.6 Å². The van der Waals surface area contributed by atoms with Gasteiger partial charge in [-0.15, -0.1) is 0 Å². The molecule has 3 heterocycles. The molecule has 1 aliphatic carbocycles. The zero-order valence-corrected chi connectivity index (χ0v) is 19.9. The van der Waals surface area contributed by atoms with E-state index < -0.39 is 0 Å². The van der Waals surface area contributed by atoms with E-state index in [1.165, 1.54) is 0 Å². The number of aliphatic hydroxyl groups is 1. The quantitative estimate of drug-likeness (QED) is 0.410. The number of aromatic nitrogens is 3. The monoisotopic (exact) mass is 482 g/mol. The van der Waals surface area contributed by atoms with Gasteiger partial charge in [0.1, 0.15) is 0 Å². The number of hydrogen-bond acceptors (Lipinski definition) is 6. The van der Waals surface area contributed by atoms with Gasteiger partial charge in [-0.1, -0.05) is 42.6 Å². The molecule has 2 fully saturated rings.